The molecule has 36 heavy (non-hydrogen) atoms. The number of ether oxygens (including phenoxy) is 5. The molecule has 0 aromatic heterocycles. The van der Waals surface area contributed by atoms with Gasteiger partial charge < -0.3 is 28.6 Å². The van der Waals surface area contributed by atoms with E-state index in [1.807, 2.05) is 6.92 Å². The standard InChI is InChI=1S/C29H51NO6/c1-13-15-32-29(10,17-18(3)14-2)25(21(6)24-22(7)26(31)36-28(8,9)35-24)34-27-20(5)23(30(11)12)16-19(4)33-27/h13,18-21,23,25,27H,1,14-17H2,2-12H3/t18-,19+,20?,21-,23?,25+,27-,29+/m0/s1. The third-order valence-corrected chi connectivity index (χ3v) is 7.74. The molecular weight excluding hydrogens is 458 g/mol. The largest absolute Gasteiger partial charge is 0.456 e. The highest BCUT2D eigenvalue weighted by Crippen LogP contribution is 2.41. The molecular formula is C29H51NO6. The van der Waals surface area contributed by atoms with Gasteiger partial charge in [0.2, 0.25) is 5.79 Å². The highest BCUT2D eigenvalue weighted by Gasteiger charge is 2.48. The van der Waals surface area contributed by atoms with Crippen LogP contribution in [0.2, 0.25) is 0 Å². The van der Waals surface area contributed by atoms with Crippen molar-refractivity contribution in [1.82, 2.24) is 4.90 Å². The maximum Gasteiger partial charge on any atom is 0.340 e. The Hall–Kier alpha value is -1.41. The first-order valence-electron chi connectivity index (χ1n) is 13.5. The molecule has 0 aromatic rings. The molecule has 0 saturated carbocycles. The van der Waals surface area contributed by atoms with Gasteiger partial charge in [0.25, 0.3) is 0 Å². The van der Waals surface area contributed by atoms with E-state index in [0.29, 0.717) is 29.9 Å². The summed E-state index contributed by atoms with van der Waals surface area (Å²) in [7, 11) is 4.21. The molecule has 2 rings (SSSR count). The Kier molecular flexibility index (Phi) is 10.6. The number of carbonyl (C=O) groups excluding carboxylic acids is 1. The number of esters is 1. The SMILES string of the molecule is C=CCO[C@](C)(C[C@@H](C)CC)[C@H](O[C@@H]1O[C@H](C)CC(N(C)C)C1C)[C@@H](C)C1=C(C)C(=O)OC(C)(C)O1. The van der Waals surface area contributed by atoms with Crippen LogP contribution in [0.3, 0.4) is 0 Å². The van der Waals surface area contributed by atoms with Crippen molar-refractivity contribution in [3.8, 4) is 0 Å². The summed E-state index contributed by atoms with van der Waals surface area (Å²) < 4.78 is 31.6. The van der Waals surface area contributed by atoms with Gasteiger partial charge in [-0.05, 0) is 53.6 Å². The van der Waals surface area contributed by atoms with E-state index in [0.717, 1.165) is 19.3 Å². The Morgan fingerprint density at radius 1 is 1.25 bits per heavy atom. The van der Waals surface area contributed by atoms with Gasteiger partial charge >= 0.3 is 5.97 Å². The molecule has 0 aromatic carbocycles. The third-order valence-electron chi connectivity index (χ3n) is 7.74. The van der Waals surface area contributed by atoms with Crippen LogP contribution in [0, 0.1) is 17.8 Å². The summed E-state index contributed by atoms with van der Waals surface area (Å²) in [6.07, 6.45) is 3.69. The molecule has 0 aliphatic carbocycles. The molecule has 1 fully saturated rings. The van der Waals surface area contributed by atoms with Crippen LogP contribution < -0.4 is 0 Å². The number of cyclic esters (lactones) is 1. The average Bonchev–Trinajstić information content (AvgIpc) is 2.79. The minimum atomic E-state index is -1.06. The second-order valence-corrected chi connectivity index (χ2v) is 11.8. The maximum atomic E-state index is 12.7. The van der Waals surface area contributed by atoms with Crippen LogP contribution in [0.1, 0.15) is 81.6 Å². The molecule has 208 valence electrons. The fraction of sp³-hybridized carbons (Fsp3) is 0.828. The summed E-state index contributed by atoms with van der Waals surface area (Å²) in [6, 6.07) is 0.324. The molecule has 0 bridgehead atoms. The maximum absolute atomic E-state index is 12.7. The lowest BCUT2D eigenvalue weighted by Gasteiger charge is -2.48. The van der Waals surface area contributed by atoms with E-state index in [2.05, 4.69) is 60.2 Å². The van der Waals surface area contributed by atoms with E-state index < -0.39 is 23.8 Å². The van der Waals surface area contributed by atoms with Gasteiger partial charge in [-0.2, -0.15) is 0 Å². The van der Waals surface area contributed by atoms with Gasteiger partial charge in [0.15, 0.2) is 6.29 Å². The lowest BCUT2D eigenvalue weighted by atomic mass is 9.79. The Morgan fingerprint density at radius 3 is 2.44 bits per heavy atom. The molecule has 0 amide bonds. The molecule has 2 aliphatic rings. The van der Waals surface area contributed by atoms with Gasteiger partial charge in [-0.3, -0.25) is 0 Å². The molecule has 8 atom stereocenters. The lowest BCUT2D eigenvalue weighted by molar-refractivity contribution is -0.286. The van der Waals surface area contributed by atoms with Crippen LogP contribution in [0.5, 0.6) is 0 Å². The highest BCUT2D eigenvalue weighted by atomic mass is 16.7. The molecule has 7 nitrogen and oxygen atoms in total. The van der Waals surface area contributed by atoms with E-state index in [1.54, 1.807) is 26.8 Å². The van der Waals surface area contributed by atoms with Gasteiger partial charge in [-0.1, -0.05) is 40.2 Å². The summed E-state index contributed by atoms with van der Waals surface area (Å²) in [5.74, 6) is -0.590. The topological polar surface area (TPSA) is 66.5 Å². The number of rotatable bonds is 12. The molecule has 7 heteroatoms. The van der Waals surface area contributed by atoms with Crippen LogP contribution >= 0.6 is 0 Å². The van der Waals surface area contributed by atoms with E-state index >= 15 is 0 Å². The average molecular weight is 510 g/mol. The summed E-state index contributed by atoms with van der Waals surface area (Å²) >= 11 is 0. The van der Waals surface area contributed by atoms with Crippen molar-refractivity contribution in [2.75, 3.05) is 20.7 Å². The lowest BCUT2D eigenvalue weighted by Crippen LogP contribution is -2.56. The molecule has 0 N–H and O–H groups in total. The number of carbonyl (C=O) groups is 1. The van der Waals surface area contributed by atoms with Crippen LogP contribution in [0.15, 0.2) is 24.0 Å². The first kappa shape index (κ1) is 30.8. The van der Waals surface area contributed by atoms with Crippen LogP contribution in [0.25, 0.3) is 0 Å². The normalized spacial score (nSPS) is 30.7. The van der Waals surface area contributed by atoms with Crippen molar-refractivity contribution < 1.29 is 28.5 Å². The van der Waals surface area contributed by atoms with Gasteiger partial charge in [0, 0.05) is 31.7 Å². The van der Waals surface area contributed by atoms with E-state index in [-0.39, 0.29) is 23.9 Å². The third kappa shape index (κ3) is 7.33. The summed E-state index contributed by atoms with van der Waals surface area (Å²) in [5, 5.41) is 0. The number of nitrogens with zero attached hydrogens (tertiary/aromatic N) is 1. The smallest absolute Gasteiger partial charge is 0.340 e. The Balaban J connectivity index is 2.56. The van der Waals surface area contributed by atoms with Crippen molar-refractivity contribution in [3.63, 3.8) is 0 Å². The predicted octanol–water partition coefficient (Wildman–Crippen LogP) is 5.69. The second-order valence-electron chi connectivity index (χ2n) is 11.8. The summed E-state index contributed by atoms with van der Waals surface area (Å²) in [6.45, 7) is 22.4. The minimum absolute atomic E-state index is 0.0604. The zero-order chi connectivity index (χ0) is 27.4. The molecule has 2 unspecified atom stereocenters. The van der Waals surface area contributed by atoms with Crippen LogP contribution in [-0.4, -0.2) is 67.5 Å². The molecule has 0 radical (unpaired) electrons. The molecule has 2 aliphatic heterocycles. The summed E-state index contributed by atoms with van der Waals surface area (Å²) in [5.41, 5.74) is -0.218. The molecule has 0 spiro atoms. The first-order chi connectivity index (χ1) is 16.7. The van der Waals surface area contributed by atoms with Crippen molar-refractivity contribution in [1.29, 1.82) is 0 Å². The van der Waals surface area contributed by atoms with Crippen molar-refractivity contribution >= 4 is 5.97 Å². The minimum Gasteiger partial charge on any atom is -0.456 e. The fourth-order valence-corrected chi connectivity index (χ4v) is 5.59. The second kappa shape index (κ2) is 12.4. The van der Waals surface area contributed by atoms with E-state index in [4.69, 9.17) is 23.7 Å². The van der Waals surface area contributed by atoms with Crippen molar-refractivity contribution in [3.05, 3.63) is 24.0 Å². The highest BCUT2D eigenvalue weighted by molar-refractivity contribution is 5.89. The first-order valence-corrected chi connectivity index (χ1v) is 13.5. The van der Waals surface area contributed by atoms with Gasteiger partial charge in [-0.15, -0.1) is 6.58 Å². The zero-order valence-electron chi connectivity index (χ0n) is 24.6. The van der Waals surface area contributed by atoms with Gasteiger partial charge in [-0.25, -0.2) is 4.79 Å². The van der Waals surface area contributed by atoms with Crippen LogP contribution in [0.4, 0.5) is 0 Å². The van der Waals surface area contributed by atoms with Crippen molar-refractivity contribution in [2.24, 2.45) is 17.8 Å². The Morgan fingerprint density at radius 2 is 1.89 bits per heavy atom. The van der Waals surface area contributed by atoms with E-state index in [9.17, 15) is 4.79 Å². The quantitative estimate of drug-likeness (QED) is 0.247. The predicted molar refractivity (Wildman–Crippen MR) is 142 cm³/mol. The Labute approximate surface area is 219 Å². The number of hydrogen-bond acceptors (Lipinski definition) is 7. The van der Waals surface area contributed by atoms with E-state index in [1.165, 1.54) is 0 Å². The zero-order valence-corrected chi connectivity index (χ0v) is 24.6. The van der Waals surface area contributed by atoms with Crippen LogP contribution in [-0.2, 0) is 28.5 Å². The fourth-order valence-electron chi connectivity index (χ4n) is 5.59. The van der Waals surface area contributed by atoms with Gasteiger partial charge in [0.05, 0.1) is 30.0 Å². The Bertz CT molecular complexity index is 793. The summed E-state index contributed by atoms with van der Waals surface area (Å²) in [4.78, 5) is 15.0. The molecule has 1 saturated heterocycles. The van der Waals surface area contributed by atoms with Gasteiger partial charge in [0.1, 0.15) is 5.76 Å². The monoisotopic (exact) mass is 509 g/mol. The van der Waals surface area contributed by atoms with Crippen molar-refractivity contribution in [2.45, 2.75) is 118 Å². The molecule has 2 heterocycles. The number of hydrogen-bond donors (Lipinski definition) is 0.